The predicted molar refractivity (Wildman–Crippen MR) is 82.9 cm³/mol. The molecule has 3 nitrogen and oxygen atoms in total. The molecule has 1 heterocycles. The molecule has 0 atom stereocenters. The normalized spacial score (nSPS) is 17.3. The smallest absolute Gasteiger partial charge is 0.227 e. The SMILES string of the molecule is CN1CCN(C(=O)Cc2cccc(C(C)(C)C)c2)CC1. The lowest BCUT2D eigenvalue weighted by Gasteiger charge is -2.32. The molecule has 1 amide bonds. The van der Waals surface area contributed by atoms with Crippen LogP contribution in [0, 0.1) is 0 Å². The highest BCUT2D eigenvalue weighted by atomic mass is 16.2. The molecule has 3 heteroatoms. The minimum atomic E-state index is 0.132. The minimum Gasteiger partial charge on any atom is -0.340 e. The molecule has 2 rings (SSSR count). The Kier molecular flexibility index (Phi) is 4.48. The van der Waals surface area contributed by atoms with Crippen LogP contribution < -0.4 is 0 Å². The van der Waals surface area contributed by atoms with E-state index in [2.05, 4.69) is 57.0 Å². The van der Waals surface area contributed by atoms with Gasteiger partial charge in [0.1, 0.15) is 0 Å². The van der Waals surface area contributed by atoms with E-state index < -0.39 is 0 Å². The second kappa shape index (κ2) is 5.96. The average molecular weight is 274 g/mol. The molecule has 1 aliphatic rings. The first-order chi connectivity index (χ1) is 9.36. The van der Waals surface area contributed by atoms with Crippen LogP contribution in [-0.4, -0.2) is 48.9 Å². The molecular formula is C17H26N2O. The van der Waals surface area contributed by atoms with Crippen LogP contribution in [0.2, 0.25) is 0 Å². The summed E-state index contributed by atoms with van der Waals surface area (Å²) < 4.78 is 0. The van der Waals surface area contributed by atoms with E-state index >= 15 is 0 Å². The zero-order chi connectivity index (χ0) is 14.8. The van der Waals surface area contributed by atoms with Crippen LogP contribution in [0.4, 0.5) is 0 Å². The summed E-state index contributed by atoms with van der Waals surface area (Å²) in [4.78, 5) is 16.6. The fourth-order valence-corrected chi connectivity index (χ4v) is 2.49. The molecule has 1 aromatic rings. The Morgan fingerprint density at radius 2 is 1.80 bits per heavy atom. The quantitative estimate of drug-likeness (QED) is 0.826. The number of piperazine rings is 1. The van der Waals surface area contributed by atoms with Crippen molar-refractivity contribution in [1.82, 2.24) is 9.80 Å². The standard InChI is InChI=1S/C17H26N2O/c1-17(2,3)15-7-5-6-14(12-15)13-16(20)19-10-8-18(4)9-11-19/h5-7,12H,8-11,13H2,1-4H3. The van der Waals surface area contributed by atoms with Gasteiger partial charge in [-0.05, 0) is 23.6 Å². The van der Waals surface area contributed by atoms with Gasteiger partial charge in [0.25, 0.3) is 0 Å². The molecule has 1 aliphatic heterocycles. The van der Waals surface area contributed by atoms with Gasteiger partial charge in [-0.1, -0.05) is 45.0 Å². The molecular weight excluding hydrogens is 248 g/mol. The van der Waals surface area contributed by atoms with Gasteiger partial charge in [0, 0.05) is 26.2 Å². The van der Waals surface area contributed by atoms with Crippen LogP contribution in [0.25, 0.3) is 0 Å². The first-order valence-electron chi connectivity index (χ1n) is 7.42. The maximum Gasteiger partial charge on any atom is 0.227 e. The number of nitrogens with zero attached hydrogens (tertiary/aromatic N) is 2. The molecule has 0 aromatic heterocycles. The van der Waals surface area contributed by atoms with E-state index in [4.69, 9.17) is 0 Å². The van der Waals surface area contributed by atoms with Crippen molar-refractivity contribution >= 4 is 5.91 Å². The molecule has 0 radical (unpaired) electrons. The molecule has 20 heavy (non-hydrogen) atoms. The topological polar surface area (TPSA) is 23.6 Å². The molecule has 0 spiro atoms. The average Bonchev–Trinajstić information content (AvgIpc) is 2.38. The van der Waals surface area contributed by atoms with Crippen molar-refractivity contribution in [3.8, 4) is 0 Å². The molecule has 0 aliphatic carbocycles. The number of rotatable bonds is 2. The second-order valence-electron chi connectivity index (χ2n) is 6.81. The monoisotopic (exact) mass is 274 g/mol. The van der Waals surface area contributed by atoms with Crippen molar-refractivity contribution in [2.45, 2.75) is 32.6 Å². The number of likely N-dealkylation sites (N-methyl/N-ethyl adjacent to an activating group) is 1. The van der Waals surface area contributed by atoms with Crippen LogP contribution in [0.15, 0.2) is 24.3 Å². The molecule has 0 unspecified atom stereocenters. The van der Waals surface area contributed by atoms with E-state index in [1.54, 1.807) is 0 Å². The third-order valence-electron chi connectivity index (χ3n) is 4.00. The first-order valence-corrected chi connectivity index (χ1v) is 7.42. The number of carbonyl (C=O) groups excluding carboxylic acids is 1. The zero-order valence-corrected chi connectivity index (χ0v) is 13.1. The second-order valence-corrected chi connectivity index (χ2v) is 6.81. The largest absolute Gasteiger partial charge is 0.340 e. The maximum absolute atomic E-state index is 12.3. The predicted octanol–water partition coefficient (Wildman–Crippen LogP) is 2.30. The number of benzene rings is 1. The van der Waals surface area contributed by atoms with Gasteiger partial charge < -0.3 is 9.80 Å². The van der Waals surface area contributed by atoms with Crippen molar-refractivity contribution < 1.29 is 4.79 Å². The highest BCUT2D eigenvalue weighted by molar-refractivity contribution is 5.79. The third-order valence-corrected chi connectivity index (χ3v) is 4.00. The van der Waals surface area contributed by atoms with E-state index in [0.29, 0.717) is 6.42 Å². The summed E-state index contributed by atoms with van der Waals surface area (Å²) in [5.41, 5.74) is 2.55. The summed E-state index contributed by atoms with van der Waals surface area (Å²) in [5.74, 6) is 0.254. The van der Waals surface area contributed by atoms with Crippen molar-refractivity contribution in [2.75, 3.05) is 33.2 Å². The lowest BCUT2D eigenvalue weighted by molar-refractivity contribution is -0.132. The summed E-state index contributed by atoms with van der Waals surface area (Å²) in [5, 5.41) is 0. The van der Waals surface area contributed by atoms with Gasteiger partial charge >= 0.3 is 0 Å². The Hall–Kier alpha value is -1.35. The molecule has 0 saturated carbocycles. The lowest BCUT2D eigenvalue weighted by Crippen LogP contribution is -2.47. The molecule has 1 fully saturated rings. The van der Waals surface area contributed by atoms with Crippen molar-refractivity contribution in [3.05, 3.63) is 35.4 Å². The lowest BCUT2D eigenvalue weighted by atomic mass is 9.86. The van der Waals surface area contributed by atoms with Crippen LogP contribution in [0.5, 0.6) is 0 Å². The molecule has 1 saturated heterocycles. The number of hydrogen-bond acceptors (Lipinski definition) is 2. The number of amides is 1. The Labute approximate surface area is 122 Å². The van der Waals surface area contributed by atoms with Crippen LogP contribution in [-0.2, 0) is 16.6 Å². The Morgan fingerprint density at radius 1 is 1.15 bits per heavy atom. The van der Waals surface area contributed by atoms with E-state index in [1.165, 1.54) is 5.56 Å². The maximum atomic E-state index is 12.3. The van der Waals surface area contributed by atoms with Gasteiger partial charge in [0.2, 0.25) is 5.91 Å². The summed E-state index contributed by atoms with van der Waals surface area (Å²) in [6.45, 7) is 10.3. The highest BCUT2D eigenvalue weighted by Crippen LogP contribution is 2.23. The molecule has 0 N–H and O–H groups in total. The number of carbonyl (C=O) groups is 1. The Balaban J connectivity index is 2.01. The first kappa shape index (κ1) is 15.0. The molecule has 1 aromatic carbocycles. The highest BCUT2D eigenvalue weighted by Gasteiger charge is 2.20. The van der Waals surface area contributed by atoms with E-state index in [0.717, 1.165) is 31.7 Å². The zero-order valence-electron chi connectivity index (χ0n) is 13.1. The van der Waals surface area contributed by atoms with Gasteiger partial charge in [-0.15, -0.1) is 0 Å². The molecule has 110 valence electrons. The van der Waals surface area contributed by atoms with E-state index in [1.807, 2.05) is 4.90 Å². The Bertz CT molecular complexity index is 468. The van der Waals surface area contributed by atoms with Gasteiger partial charge in [0.15, 0.2) is 0 Å². The van der Waals surface area contributed by atoms with Crippen molar-refractivity contribution in [3.63, 3.8) is 0 Å². The van der Waals surface area contributed by atoms with E-state index in [9.17, 15) is 4.79 Å². The summed E-state index contributed by atoms with van der Waals surface area (Å²) in [7, 11) is 2.11. The van der Waals surface area contributed by atoms with Gasteiger partial charge in [-0.3, -0.25) is 4.79 Å². The van der Waals surface area contributed by atoms with Crippen LogP contribution in [0.3, 0.4) is 0 Å². The number of hydrogen-bond donors (Lipinski definition) is 0. The van der Waals surface area contributed by atoms with Gasteiger partial charge in [-0.25, -0.2) is 0 Å². The Morgan fingerprint density at radius 3 is 2.40 bits per heavy atom. The minimum absolute atomic E-state index is 0.132. The van der Waals surface area contributed by atoms with Crippen molar-refractivity contribution in [1.29, 1.82) is 0 Å². The van der Waals surface area contributed by atoms with Gasteiger partial charge in [0.05, 0.1) is 6.42 Å². The summed E-state index contributed by atoms with van der Waals surface area (Å²) in [6, 6.07) is 8.44. The molecule has 0 bridgehead atoms. The fourth-order valence-electron chi connectivity index (χ4n) is 2.49. The summed E-state index contributed by atoms with van der Waals surface area (Å²) in [6.07, 6.45) is 0.521. The van der Waals surface area contributed by atoms with Crippen LogP contribution >= 0.6 is 0 Å². The summed E-state index contributed by atoms with van der Waals surface area (Å²) >= 11 is 0. The van der Waals surface area contributed by atoms with Crippen molar-refractivity contribution in [2.24, 2.45) is 0 Å². The van der Waals surface area contributed by atoms with Gasteiger partial charge in [-0.2, -0.15) is 0 Å². The van der Waals surface area contributed by atoms with E-state index in [-0.39, 0.29) is 11.3 Å². The van der Waals surface area contributed by atoms with Crippen LogP contribution in [0.1, 0.15) is 31.9 Å². The fraction of sp³-hybridized carbons (Fsp3) is 0.588. The third kappa shape index (κ3) is 3.83.